The summed E-state index contributed by atoms with van der Waals surface area (Å²) in [6.07, 6.45) is 5.23. The maximum absolute atomic E-state index is 12.5. The third kappa shape index (κ3) is 4.36. The smallest absolute Gasteiger partial charge is 0.227 e. The number of nitrogens with zero attached hydrogens (tertiary/aromatic N) is 4. The molecule has 24 heavy (non-hydrogen) atoms. The highest BCUT2D eigenvalue weighted by atomic mass is 35.5. The lowest BCUT2D eigenvalue weighted by atomic mass is 10.1. The van der Waals surface area contributed by atoms with Gasteiger partial charge >= 0.3 is 0 Å². The normalized spacial score (nSPS) is 16.2. The molecule has 1 aliphatic rings. The number of benzene rings is 1. The molecule has 0 atom stereocenters. The van der Waals surface area contributed by atoms with Gasteiger partial charge in [0.25, 0.3) is 0 Å². The predicted octanol–water partition coefficient (Wildman–Crippen LogP) is 2.35. The fraction of sp³-hybridized carbons (Fsp3) is 0.444. The van der Waals surface area contributed by atoms with Gasteiger partial charge in [0.05, 0.1) is 13.0 Å². The summed E-state index contributed by atoms with van der Waals surface area (Å²) >= 11 is 5.90. The van der Waals surface area contributed by atoms with Gasteiger partial charge < -0.3 is 9.47 Å². The molecule has 6 heteroatoms. The molecule has 128 valence electrons. The Kier molecular flexibility index (Phi) is 5.53. The third-order valence-corrected chi connectivity index (χ3v) is 4.75. The number of hydrogen-bond donors (Lipinski definition) is 0. The average molecular weight is 347 g/mol. The van der Waals surface area contributed by atoms with Gasteiger partial charge in [-0.05, 0) is 24.1 Å². The van der Waals surface area contributed by atoms with Crippen molar-refractivity contribution in [3.8, 4) is 0 Å². The van der Waals surface area contributed by atoms with Crippen LogP contribution in [0.15, 0.2) is 36.7 Å². The fourth-order valence-corrected chi connectivity index (χ4v) is 3.14. The first-order chi connectivity index (χ1) is 11.6. The largest absolute Gasteiger partial charge is 0.341 e. The number of aromatic nitrogens is 2. The van der Waals surface area contributed by atoms with E-state index in [2.05, 4.69) is 9.88 Å². The molecule has 0 unspecified atom stereocenters. The van der Waals surface area contributed by atoms with Gasteiger partial charge in [-0.3, -0.25) is 9.69 Å². The van der Waals surface area contributed by atoms with Gasteiger partial charge in [0.2, 0.25) is 5.91 Å². The highest BCUT2D eigenvalue weighted by molar-refractivity contribution is 6.30. The number of imidazole rings is 1. The maximum Gasteiger partial charge on any atom is 0.227 e. The molecule has 1 aromatic carbocycles. The van der Waals surface area contributed by atoms with E-state index >= 15 is 0 Å². The summed E-state index contributed by atoms with van der Waals surface area (Å²) in [6.45, 7) is 4.32. The van der Waals surface area contributed by atoms with E-state index in [0.29, 0.717) is 11.4 Å². The zero-order chi connectivity index (χ0) is 16.9. The topological polar surface area (TPSA) is 41.4 Å². The van der Waals surface area contributed by atoms with Crippen LogP contribution in [-0.4, -0.2) is 51.4 Å². The Balaban J connectivity index is 1.53. The first-order valence-corrected chi connectivity index (χ1v) is 8.70. The quantitative estimate of drug-likeness (QED) is 0.853. The van der Waals surface area contributed by atoms with E-state index in [1.54, 1.807) is 0 Å². The lowest BCUT2D eigenvalue weighted by Gasteiger charge is -2.22. The third-order valence-electron chi connectivity index (χ3n) is 4.50. The molecule has 1 fully saturated rings. The summed E-state index contributed by atoms with van der Waals surface area (Å²) in [5, 5.41) is 0.700. The van der Waals surface area contributed by atoms with Crippen LogP contribution in [0.2, 0.25) is 5.02 Å². The van der Waals surface area contributed by atoms with E-state index < -0.39 is 0 Å². The molecule has 0 aliphatic carbocycles. The number of halogens is 1. The monoisotopic (exact) mass is 346 g/mol. The molecule has 0 radical (unpaired) electrons. The molecule has 2 aromatic rings. The first kappa shape index (κ1) is 17.0. The van der Waals surface area contributed by atoms with Crippen LogP contribution in [-0.2, 0) is 24.8 Å². The standard InChI is InChI=1S/C18H23ClN4O/c1-21-10-7-20-17(21)14-22-8-2-9-23(12-11-22)18(24)13-15-3-5-16(19)6-4-15/h3-7,10H,2,8-9,11-14H2,1H3. The van der Waals surface area contributed by atoms with Gasteiger partial charge in [0.15, 0.2) is 0 Å². The van der Waals surface area contributed by atoms with E-state index in [1.807, 2.05) is 53.2 Å². The van der Waals surface area contributed by atoms with Crippen LogP contribution in [0.1, 0.15) is 17.8 Å². The van der Waals surface area contributed by atoms with Crippen LogP contribution in [0.4, 0.5) is 0 Å². The van der Waals surface area contributed by atoms with Gasteiger partial charge in [-0.15, -0.1) is 0 Å². The number of carbonyl (C=O) groups is 1. The van der Waals surface area contributed by atoms with Crippen molar-refractivity contribution in [2.75, 3.05) is 26.2 Å². The minimum absolute atomic E-state index is 0.191. The van der Waals surface area contributed by atoms with Crippen LogP contribution in [0.25, 0.3) is 0 Å². The average Bonchev–Trinajstić information content (AvgIpc) is 2.83. The van der Waals surface area contributed by atoms with Crippen molar-refractivity contribution in [1.29, 1.82) is 0 Å². The second kappa shape index (κ2) is 7.81. The van der Waals surface area contributed by atoms with Gasteiger partial charge in [-0.1, -0.05) is 23.7 Å². The van der Waals surface area contributed by atoms with Crippen molar-refractivity contribution >= 4 is 17.5 Å². The molecule has 3 rings (SSSR count). The summed E-state index contributed by atoms with van der Waals surface area (Å²) in [6, 6.07) is 7.51. The van der Waals surface area contributed by atoms with Gasteiger partial charge in [-0.2, -0.15) is 0 Å². The number of carbonyl (C=O) groups excluding carboxylic acids is 1. The van der Waals surface area contributed by atoms with Crippen LogP contribution in [0, 0.1) is 0 Å². The van der Waals surface area contributed by atoms with Gasteiger partial charge in [0, 0.05) is 50.6 Å². The van der Waals surface area contributed by atoms with E-state index in [1.165, 1.54) is 0 Å². The highest BCUT2D eigenvalue weighted by Crippen LogP contribution is 2.12. The Morgan fingerprint density at radius 2 is 1.96 bits per heavy atom. The van der Waals surface area contributed by atoms with Crippen molar-refractivity contribution in [1.82, 2.24) is 19.4 Å². The van der Waals surface area contributed by atoms with Crippen molar-refractivity contribution in [3.63, 3.8) is 0 Å². The highest BCUT2D eigenvalue weighted by Gasteiger charge is 2.20. The minimum atomic E-state index is 0.191. The Bertz CT molecular complexity index is 683. The van der Waals surface area contributed by atoms with E-state index in [9.17, 15) is 4.79 Å². The molecular weight excluding hydrogens is 324 g/mol. The van der Waals surface area contributed by atoms with Crippen LogP contribution in [0.3, 0.4) is 0 Å². The fourth-order valence-electron chi connectivity index (χ4n) is 3.02. The lowest BCUT2D eigenvalue weighted by Crippen LogP contribution is -2.36. The molecule has 0 N–H and O–H groups in total. The van der Waals surface area contributed by atoms with Crippen molar-refractivity contribution in [3.05, 3.63) is 53.1 Å². The number of rotatable bonds is 4. The SMILES string of the molecule is Cn1ccnc1CN1CCCN(C(=O)Cc2ccc(Cl)cc2)CC1. The molecule has 0 saturated carbocycles. The molecule has 0 bridgehead atoms. The van der Waals surface area contributed by atoms with Crippen LogP contribution >= 0.6 is 11.6 Å². The van der Waals surface area contributed by atoms with Gasteiger partial charge in [0.1, 0.15) is 5.82 Å². The molecule has 1 aromatic heterocycles. The van der Waals surface area contributed by atoms with E-state index in [4.69, 9.17) is 11.6 Å². The van der Waals surface area contributed by atoms with Crippen LogP contribution in [0.5, 0.6) is 0 Å². The summed E-state index contributed by atoms with van der Waals surface area (Å²) in [7, 11) is 2.02. The summed E-state index contributed by atoms with van der Waals surface area (Å²) in [5.74, 6) is 1.26. The first-order valence-electron chi connectivity index (χ1n) is 8.32. The second-order valence-electron chi connectivity index (χ2n) is 6.27. The molecule has 1 amide bonds. The summed E-state index contributed by atoms with van der Waals surface area (Å²) in [4.78, 5) is 21.3. The number of amides is 1. The van der Waals surface area contributed by atoms with E-state index in [0.717, 1.165) is 50.5 Å². The molecule has 0 spiro atoms. The predicted molar refractivity (Wildman–Crippen MR) is 94.8 cm³/mol. The zero-order valence-corrected chi connectivity index (χ0v) is 14.7. The van der Waals surface area contributed by atoms with Crippen LogP contribution < -0.4 is 0 Å². The minimum Gasteiger partial charge on any atom is -0.341 e. The van der Waals surface area contributed by atoms with Crippen molar-refractivity contribution in [2.24, 2.45) is 7.05 Å². The Labute approximate surface area is 147 Å². The summed E-state index contributed by atoms with van der Waals surface area (Å²) < 4.78 is 2.05. The molecule has 5 nitrogen and oxygen atoms in total. The molecule has 1 saturated heterocycles. The zero-order valence-electron chi connectivity index (χ0n) is 14.0. The molecule has 1 aliphatic heterocycles. The number of aryl methyl sites for hydroxylation is 1. The molecular formula is C18H23ClN4O. The Hall–Kier alpha value is -1.85. The summed E-state index contributed by atoms with van der Waals surface area (Å²) in [5.41, 5.74) is 1.01. The molecule has 2 heterocycles. The van der Waals surface area contributed by atoms with Crippen molar-refractivity contribution in [2.45, 2.75) is 19.4 Å². The Morgan fingerprint density at radius 1 is 1.17 bits per heavy atom. The van der Waals surface area contributed by atoms with E-state index in [-0.39, 0.29) is 5.91 Å². The van der Waals surface area contributed by atoms with Gasteiger partial charge in [-0.25, -0.2) is 4.98 Å². The lowest BCUT2D eigenvalue weighted by molar-refractivity contribution is -0.130. The number of hydrogen-bond acceptors (Lipinski definition) is 3. The van der Waals surface area contributed by atoms with Crippen molar-refractivity contribution < 1.29 is 4.79 Å². The Morgan fingerprint density at radius 3 is 2.67 bits per heavy atom. The second-order valence-corrected chi connectivity index (χ2v) is 6.70. The maximum atomic E-state index is 12.5.